The summed E-state index contributed by atoms with van der Waals surface area (Å²) in [5.41, 5.74) is 7.40. The first-order chi connectivity index (χ1) is 18.2. The van der Waals surface area contributed by atoms with E-state index < -0.39 is 0 Å². The summed E-state index contributed by atoms with van der Waals surface area (Å²) in [5.74, 6) is 0.363. The van der Waals surface area contributed by atoms with E-state index in [1.54, 1.807) is 37.5 Å². The molecule has 1 unspecified atom stereocenters. The largest absolute Gasteiger partial charge is 0.480 e. The van der Waals surface area contributed by atoms with Crippen molar-refractivity contribution >= 4 is 65.7 Å². The second-order valence-electron chi connectivity index (χ2n) is 10.1. The molecule has 1 aliphatic carbocycles. The fraction of sp³-hybridized carbons (Fsp3) is 0.464. The number of aliphatic imine (C=N–C) groups is 1. The number of carbonyl (C=O) groups is 2. The molecule has 2 amide bonds. The highest BCUT2D eigenvalue weighted by Gasteiger charge is 2.50. The standard InChI is InChI=1S/C28H36Cl2N5O3.2ClH/c1-19-17-35(26(37)16-33(2)20-9-6-4-5-7-10-20)14-13-24(34(3)25(36)15-31)27(28(35)32-19)38-18-21-22(29)11-8-12-23(21)30;;/h8,11-14,17,20H,4-7,9-10,15-16,18,31H2,1-3H3;2*1H/q+1;;. The minimum Gasteiger partial charge on any atom is -0.480 e. The highest BCUT2D eigenvalue weighted by molar-refractivity contribution is 6.35. The van der Waals surface area contributed by atoms with Crippen molar-refractivity contribution in [3.63, 3.8) is 0 Å². The Hall–Kier alpha value is -1.91. The number of carbonyl (C=O) groups excluding carboxylic acids is 2. The number of hydrogen-bond donors (Lipinski definition) is 1. The number of quaternary nitrogens is 1. The zero-order valence-electron chi connectivity index (χ0n) is 23.1. The van der Waals surface area contributed by atoms with E-state index in [1.807, 2.05) is 20.2 Å². The lowest BCUT2D eigenvalue weighted by atomic mass is 10.1. The lowest BCUT2D eigenvalue weighted by Gasteiger charge is -2.34. The third-order valence-electron chi connectivity index (χ3n) is 7.50. The van der Waals surface area contributed by atoms with Crippen LogP contribution in [0, 0.1) is 0 Å². The number of amides is 2. The summed E-state index contributed by atoms with van der Waals surface area (Å²) in [5, 5.41) is 0.920. The van der Waals surface area contributed by atoms with Crippen molar-refractivity contribution in [1.82, 2.24) is 9.80 Å². The SMILES string of the molecule is CC1=C[N+]2(C(=O)CN(C)C3CCCCCC3)C=CC(N(C)C(=O)CN)=C(OCc3c(Cl)cccc3Cl)C2=N1.Cl.Cl. The molecule has 1 aromatic carbocycles. The Bertz CT molecular complexity index is 1200. The molecule has 1 atom stereocenters. The van der Waals surface area contributed by atoms with Crippen LogP contribution in [0.5, 0.6) is 0 Å². The number of nitrogens with zero attached hydrogens (tertiary/aromatic N) is 4. The topological polar surface area (TPSA) is 88.2 Å². The van der Waals surface area contributed by atoms with Gasteiger partial charge in [-0.05, 0) is 38.9 Å². The maximum atomic E-state index is 14.0. The Balaban J connectivity index is 0.00000280. The van der Waals surface area contributed by atoms with Crippen LogP contribution in [0.4, 0.5) is 0 Å². The maximum absolute atomic E-state index is 14.0. The summed E-state index contributed by atoms with van der Waals surface area (Å²) in [4.78, 5) is 34.9. The highest BCUT2D eigenvalue weighted by atomic mass is 35.5. The van der Waals surface area contributed by atoms with Crippen molar-refractivity contribution in [2.24, 2.45) is 10.7 Å². The lowest BCUT2D eigenvalue weighted by Crippen LogP contribution is -2.54. The summed E-state index contributed by atoms with van der Waals surface area (Å²) >= 11 is 12.8. The van der Waals surface area contributed by atoms with E-state index in [0.717, 1.165) is 12.8 Å². The van der Waals surface area contributed by atoms with Gasteiger partial charge in [0.15, 0.2) is 0 Å². The van der Waals surface area contributed by atoms with Crippen molar-refractivity contribution in [2.75, 3.05) is 27.2 Å². The summed E-state index contributed by atoms with van der Waals surface area (Å²) < 4.78 is 6.09. The van der Waals surface area contributed by atoms with Crippen molar-refractivity contribution in [1.29, 1.82) is 0 Å². The molecule has 1 fully saturated rings. The molecule has 3 aliphatic rings. The fourth-order valence-electron chi connectivity index (χ4n) is 5.27. The van der Waals surface area contributed by atoms with E-state index in [1.165, 1.54) is 30.6 Å². The predicted octanol–water partition coefficient (Wildman–Crippen LogP) is 5.78. The normalized spacial score (nSPS) is 20.6. The summed E-state index contributed by atoms with van der Waals surface area (Å²) in [6.07, 6.45) is 12.4. The van der Waals surface area contributed by atoms with Gasteiger partial charge < -0.3 is 15.4 Å². The highest BCUT2D eigenvalue weighted by Crippen LogP contribution is 2.36. The van der Waals surface area contributed by atoms with E-state index in [9.17, 15) is 9.59 Å². The molecule has 2 heterocycles. The van der Waals surface area contributed by atoms with E-state index in [4.69, 9.17) is 38.7 Å². The van der Waals surface area contributed by atoms with Crippen LogP contribution in [0.15, 0.2) is 58.8 Å². The van der Waals surface area contributed by atoms with Crippen LogP contribution in [-0.4, -0.2) is 65.2 Å². The molecule has 2 aliphatic heterocycles. The Kier molecular flexibility index (Phi) is 12.7. The van der Waals surface area contributed by atoms with Gasteiger partial charge >= 0.3 is 5.91 Å². The van der Waals surface area contributed by atoms with Crippen LogP contribution in [0.25, 0.3) is 0 Å². The number of likely N-dealkylation sites (N-methyl/N-ethyl adjacent to an activating group) is 2. The molecule has 8 nitrogen and oxygen atoms in total. The van der Waals surface area contributed by atoms with E-state index in [-0.39, 0.29) is 60.8 Å². The monoisotopic (exact) mass is 632 g/mol. The van der Waals surface area contributed by atoms with E-state index >= 15 is 0 Å². The number of fused-ring (bicyclic) bond motifs is 1. The number of nitrogens with two attached hydrogens (primary N) is 1. The minimum absolute atomic E-state index is 0. The molecule has 220 valence electrons. The molecule has 0 bridgehead atoms. The lowest BCUT2D eigenvalue weighted by molar-refractivity contribution is -0.646. The Morgan fingerprint density at radius 1 is 1.10 bits per heavy atom. The van der Waals surface area contributed by atoms with Crippen LogP contribution in [0.1, 0.15) is 51.0 Å². The number of benzene rings is 1. The molecular formula is C28H38Cl4N5O3+. The van der Waals surface area contributed by atoms with Crippen molar-refractivity contribution < 1.29 is 18.8 Å². The number of halogens is 4. The third kappa shape index (κ3) is 7.10. The number of rotatable bonds is 8. The molecule has 12 heteroatoms. The maximum Gasteiger partial charge on any atom is 0.343 e. The molecule has 2 N–H and O–H groups in total. The van der Waals surface area contributed by atoms with Gasteiger partial charge in [0.2, 0.25) is 11.7 Å². The smallest absolute Gasteiger partial charge is 0.343 e. The fourth-order valence-corrected chi connectivity index (χ4v) is 5.77. The zero-order chi connectivity index (χ0) is 27.4. The molecular weight excluding hydrogens is 596 g/mol. The van der Waals surface area contributed by atoms with Gasteiger partial charge in [-0.2, -0.15) is 9.48 Å². The second kappa shape index (κ2) is 14.8. The predicted molar refractivity (Wildman–Crippen MR) is 164 cm³/mol. The van der Waals surface area contributed by atoms with Gasteiger partial charge in [0.1, 0.15) is 25.6 Å². The van der Waals surface area contributed by atoms with Gasteiger partial charge in [0.25, 0.3) is 5.84 Å². The van der Waals surface area contributed by atoms with Gasteiger partial charge in [-0.1, -0.05) is 55.0 Å². The van der Waals surface area contributed by atoms with Gasteiger partial charge in [-0.15, -0.1) is 24.8 Å². The van der Waals surface area contributed by atoms with Gasteiger partial charge in [0, 0.05) is 34.8 Å². The quantitative estimate of drug-likeness (QED) is 0.290. The number of allylic oxidation sites excluding steroid dienone is 2. The molecule has 0 saturated heterocycles. The van der Waals surface area contributed by atoms with Gasteiger partial charge in [0.05, 0.1) is 17.9 Å². The van der Waals surface area contributed by atoms with Gasteiger partial charge in [-0.25, -0.2) is 4.79 Å². The first kappa shape index (κ1) is 34.3. The molecule has 4 rings (SSSR count). The average Bonchev–Trinajstić information content (AvgIpc) is 3.05. The number of amidine groups is 1. The molecule has 0 aromatic heterocycles. The first-order valence-corrected chi connectivity index (χ1v) is 13.8. The van der Waals surface area contributed by atoms with Crippen LogP contribution < -0.4 is 5.73 Å². The zero-order valence-corrected chi connectivity index (χ0v) is 26.2. The molecule has 0 radical (unpaired) electrons. The number of ether oxygens (including phenoxy) is 1. The Morgan fingerprint density at radius 3 is 2.33 bits per heavy atom. The third-order valence-corrected chi connectivity index (χ3v) is 8.21. The minimum atomic E-state index is -0.302. The summed E-state index contributed by atoms with van der Waals surface area (Å²) in [6.45, 7) is 1.96. The summed E-state index contributed by atoms with van der Waals surface area (Å²) in [6, 6.07) is 5.60. The average molecular weight is 634 g/mol. The van der Waals surface area contributed by atoms with E-state index in [2.05, 4.69) is 4.90 Å². The van der Waals surface area contributed by atoms with Crippen molar-refractivity contribution in [3.05, 3.63) is 69.4 Å². The number of hydrogen-bond acceptors (Lipinski definition) is 6. The van der Waals surface area contributed by atoms with E-state index in [0.29, 0.717) is 44.6 Å². The molecule has 1 saturated carbocycles. The molecule has 40 heavy (non-hydrogen) atoms. The molecule has 1 aromatic rings. The van der Waals surface area contributed by atoms with Crippen molar-refractivity contribution in [2.45, 2.75) is 58.1 Å². The van der Waals surface area contributed by atoms with Crippen LogP contribution >= 0.6 is 48.0 Å². The van der Waals surface area contributed by atoms with Crippen LogP contribution in [-0.2, 0) is 20.9 Å². The first-order valence-electron chi connectivity index (χ1n) is 13.0. The summed E-state index contributed by atoms with van der Waals surface area (Å²) in [7, 11) is 3.65. The second-order valence-corrected chi connectivity index (χ2v) is 10.9. The Labute approximate surface area is 258 Å². The van der Waals surface area contributed by atoms with Crippen LogP contribution in [0.3, 0.4) is 0 Å². The van der Waals surface area contributed by atoms with Crippen LogP contribution in [0.2, 0.25) is 10.0 Å². The van der Waals surface area contributed by atoms with Crippen molar-refractivity contribution in [3.8, 4) is 0 Å². The molecule has 0 spiro atoms. The van der Waals surface area contributed by atoms with Gasteiger partial charge in [-0.3, -0.25) is 9.69 Å². The Morgan fingerprint density at radius 2 is 1.73 bits per heavy atom.